The Bertz CT molecular complexity index is 1120. The van der Waals surface area contributed by atoms with E-state index in [4.69, 9.17) is 4.74 Å². The molecule has 4 rings (SSSR count). The predicted octanol–water partition coefficient (Wildman–Crippen LogP) is 4.96. The van der Waals surface area contributed by atoms with Gasteiger partial charge in [-0.15, -0.1) is 0 Å². The highest BCUT2D eigenvalue weighted by Crippen LogP contribution is 2.28. The van der Waals surface area contributed by atoms with Crippen LogP contribution >= 0.6 is 0 Å². The number of hydrogen-bond donors (Lipinski definition) is 2. The molecule has 9 heteroatoms. The fourth-order valence-corrected chi connectivity index (χ4v) is 4.14. The van der Waals surface area contributed by atoms with E-state index in [2.05, 4.69) is 25.7 Å². The summed E-state index contributed by atoms with van der Waals surface area (Å²) in [5, 5.41) is 10.8. The molecule has 0 unspecified atom stereocenters. The number of alkyl carbamates (subject to hydrolysis) is 1. The van der Waals surface area contributed by atoms with Crippen LogP contribution in [0.4, 0.5) is 14.9 Å². The van der Waals surface area contributed by atoms with Gasteiger partial charge < -0.3 is 15.4 Å². The first-order chi connectivity index (χ1) is 16.3. The molecule has 1 aromatic carbocycles. The number of nitrogens with one attached hydrogen (secondary N) is 2. The molecule has 34 heavy (non-hydrogen) atoms. The number of aromatic nitrogens is 4. The van der Waals surface area contributed by atoms with E-state index in [0.29, 0.717) is 11.6 Å². The number of nitrogens with zero attached hydrogens (tertiary/aromatic N) is 4. The van der Waals surface area contributed by atoms with E-state index >= 15 is 0 Å². The number of rotatable bonds is 6. The van der Waals surface area contributed by atoms with Crippen molar-refractivity contribution in [1.29, 1.82) is 0 Å². The molecule has 1 amide bonds. The molecule has 2 aromatic heterocycles. The molecule has 2 N–H and O–H groups in total. The van der Waals surface area contributed by atoms with Crippen molar-refractivity contribution in [3.63, 3.8) is 0 Å². The van der Waals surface area contributed by atoms with Gasteiger partial charge in [-0.2, -0.15) is 5.10 Å². The maximum atomic E-state index is 14.1. The van der Waals surface area contributed by atoms with Crippen molar-refractivity contribution in [2.75, 3.05) is 11.9 Å². The lowest BCUT2D eigenvalue weighted by Gasteiger charge is -2.30. The molecule has 0 atom stereocenters. The fraction of sp³-hybridized carbons (Fsp3) is 0.440. The molecule has 0 aliphatic heterocycles. The van der Waals surface area contributed by atoms with Crippen LogP contribution in [0, 0.1) is 11.7 Å². The van der Waals surface area contributed by atoms with Crippen molar-refractivity contribution in [2.45, 2.75) is 58.1 Å². The van der Waals surface area contributed by atoms with Crippen LogP contribution in [0.1, 0.15) is 46.5 Å². The molecule has 1 saturated carbocycles. The van der Waals surface area contributed by atoms with Crippen LogP contribution in [0.2, 0.25) is 0 Å². The van der Waals surface area contributed by atoms with Crippen molar-refractivity contribution in [3.05, 3.63) is 55.0 Å². The monoisotopic (exact) mass is 466 g/mol. The van der Waals surface area contributed by atoms with Gasteiger partial charge in [0.25, 0.3) is 0 Å². The highest BCUT2D eigenvalue weighted by Gasteiger charge is 2.25. The Balaban J connectivity index is 1.34. The third-order valence-corrected chi connectivity index (χ3v) is 5.82. The Hall–Kier alpha value is -3.49. The van der Waals surface area contributed by atoms with Crippen LogP contribution in [0.25, 0.3) is 16.9 Å². The average Bonchev–Trinajstić information content (AvgIpc) is 3.28. The quantitative estimate of drug-likeness (QED) is 0.533. The normalized spacial score (nSPS) is 18.4. The molecular formula is C25H31FN6O2. The van der Waals surface area contributed by atoms with Crippen LogP contribution in [-0.2, 0) is 4.74 Å². The summed E-state index contributed by atoms with van der Waals surface area (Å²) in [5.41, 5.74) is 2.20. The Labute approximate surface area is 199 Å². The number of hydrogen-bond acceptors (Lipinski definition) is 6. The number of halogens is 1. The van der Waals surface area contributed by atoms with Crippen molar-refractivity contribution in [1.82, 2.24) is 25.1 Å². The molecule has 1 fully saturated rings. The highest BCUT2D eigenvalue weighted by molar-refractivity contribution is 5.72. The molecule has 0 radical (unpaired) electrons. The number of anilines is 1. The van der Waals surface area contributed by atoms with Crippen LogP contribution in [-0.4, -0.2) is 44.0 Å². The van der Waals surface area contributed by atoms with Gasteiger partial charge in [0.1, 0.15) is 23.4 Å². The zero-order chi connectivity index (χ0) is 24.1. The number of benzene rings is 1. The summed E-state index contributed by atoms with van der Waals surface area (Å²) < 4.78 is 21.0. The Morgan fingerprint density at radius 3 is 2.68 bits per heavy atom. The first-order valence-corrected chi connectivity index (χ1v) is 11.6. The zero-order valence-electron chi connectivity index (χ0n) is 19.8. The summed E-state index contributed by atoms with van der Waals surface area (Å²) in [5.74, 6) is 0.140. The van der Waals surface area contributed by atoms with Gasteiger partial charge in [0.15, 0.2) is 0 Å². The lowest BCUT2D eigenvalue weighted by molar-refractivity contribution is 0.0488. The molecule has 0 spiro atoms. The van der Waals surface area contributed by atoms with Crippen LogP contribution in [0.3, 0.4) is 0 Å². The van der Waals surface area contributed by atoms with Crippen molar-refractivity contribution in [2.24, 2.45) is 5.92 Å². The van der Waals surface area contributed by atoms with E-state index in [-0.39, 0.29) is 18.0 Å². The van der Waals surface area contributed by atoms with Gasteiger partial charge in [-0.25, -0.2) is 23.8 Å². The standard InChI is InChI=1S/C25H31FN6O2/c1-25(2,3)34-24(33)31-19-10-8-17(9-11-19)12-28-21-14-27-16-29-23(21)18-13-30-32(15-18)22-7-5-4-6-20(22)26/h4-7,13-17,19,28H,8-12H2,1-3H3,(H,31,33)/t17-,19+. The number of para-hydroxylation sites is 1. The van der Waals surface area contributed by atoms with Crippen LogP contribution in [0.5, 0.6) is 0 Å². The minimum absolute atomic E-state index is 0.144. The third kappa shape index (κ3) is 6.09. The third-order valence-electron chi connectivity index (χ3n) is 5.82. The molecule has 0 saturated heterocycles. The fourth-order valence-electron chi connectivity index (χ4n) is 4.14. The maximum absolute atomic E-state index is 14.1. The molecular weight excluding hydrogens is 435 g/mol. The summed E-state index contributed by atoms with van der Waals surface area (Å²) in [6.07, 6.45) is 10.2. The smallest absolute Gasteiger partial charge is 0.407 e. The van der Waals surface area contributed by atoms with E-state index < -0.39 is 5.60 Å². The number of ether oxygens (including phenoxy) is 1. The minimum atomic E-state index is -0.494. The molecule has 0 bridgehead atoms. The molecule has 8 nitrogen and oxygen atoms in total. The molecule has 2 heterocycles. The Morgan fingerprint density at radius 1 is 1.18 bits per heavy atom. The van der Waals surface area contributed by atoms with Gasteiger partial charge in [-0.05, 0) is 64.5 Å². The predicted molar refractivity (Wildman–Crippen MR) is 128 cm³/mol. The lowest BCUT2D eigenvalue weighted by atomic mass is 9.86. The second-order valence-corrected chi connectivity index (χ2v) is 9.65. The first-order valence-electron chi connectivity index (χ1n) is 11.6. The van der Waals surface area contributed by atoms with E-state index in [1.165, 1.54) is 17.1 Å². The Kier molecular flexibility index (Phi) is 7.09. The van der Waals surface area contributed by atoms with Crippen molar-refractivity contribution < 1.29 is 13.9 Å². The van der Waals surface area contributed by atoms with Gasteiger partial charge in [0, 0.05) is 24.3 Å². The number of amides is 1. The molecule has 1 aliphatic rings. The van der Waals surface area contributed by atoms with E-state index in [0.717, 1.165) is 49.2 Å². The van der Waals surface area contributed by atoms with Gasteiger partial charge in [-0.1, -0.05) is 12.1 Å². The highest BCUT2D eigenvalue weighted by atomic mass is 19.1. The minimum Gasteiger partial charge on any atom is -0.444 e. The Morgan fingerprint density at radius 2 is 1.94 bits per heavy atom. The van der Waals surface area contributed by atoms with Gasteiger partial charge in [-0.3, -0.25) is 0 Å². The topological polar surface area (TPSA) is 94.0 Å². The summed E-state index contributed by atoms with van der Waals surface area (Å²) >= 11 is 0. The largest absolute Gasteiger partial charge is 0.444 e. The van der Waals surface area contributed by atoms with Crippen molar-refractivity contribution >= 4 is 11.8 Å². The van der Waals surface area contributed by atoms with Gasteiger partial charge in [0.05, 0.1) is 23.8 Å². The number of carbonyl (C=O) groups is 1. The maximum Gasteiger partial charge on any atom is 0.407 e. The van der Waals surface area contributed by atoms with Crippen LogP contribution < -0.4 is 10.6 Å². The molecule has 3 aromatic rings. The van der Waals surface area contributed by atoms with Crippen molar-refractivity contribution in [3.8, 4) is 16.9 Å². The summed E-state index contributed by atoms with van der Waals surface area (Å²) in [6.45, 7) is 6.37. The van der Waals surface area contributed by atoms with Gasteiger partial charge in [0.2, 0.25) is 0 Å². The lowest BCUT2D eigenvalue weighted by Crippen LogP contribution is -2.41. The second kappa shape index (κ2) is 10.2. The second-order valence-electron chi connectivity index (χ2n) is 9.65. The first kappa shape index (κ1) is 23.7. The molecule has 180 valence electrons. The van der Waals surface area contributed by atoms with E-state index in [1.807, 2.05) is 20.8 Å². The average molecular weight is 467 g/mol. The van der Waals surface area contributed by atoms with E-state index in [9.17, 15) is 9.18 Å². The van der Waals surface area contributed by atoms with E-state index in [1.54, 1.807) is 36.8 Å². The summed E-state index contributed by atoms with van der Waals surface area (Å²) in [6, 6.07) is 6.66. The summed E-state index contributed by atoms with van der Waals surface area (Å²) in [4.78, 5) is 20.6. The number of carbonyl (C=O) groups excluding carboxylic acids is 1. The SMILES string of the molecule is CC(C)(C)OC(=O)N[C@H]1CC[C@@H](CNc2cncnc2-c2cnn(-c3ccccc3F)c2)CC1. The summed E-state index contributed by atoms with van der Waals surface area (Å²) in [7, 11) is 0. The molecule has 1 aliphatic carbocycles. The van der Waals surface area contributed by atoms with Gasteiger partial charge >= 0.3 is 6.09 Å². The zero-order valence-corrected chi connectivity index (χ0v) is 19.8. The van der Waals surface area contributed by atoms with Crippen LogP contribution in [0.15, 0.2) is 49.2 Å².